The maximum absolute atomic E-state index is 11.3. The first-order valence-corrected chi connectivity index (χ1v) is 6.54. The van der Waals surface area contributed by atoms with E-state index in [0.717, 1.165) is 31.7 Å². The zero-order valence-electron chi connectivity index (χ0n) is 12.0. The Balaban J connectivity index is 2.95. The van der Waals surface area contributed by atoms with Crippen molar-refractivity contribution >= 4 is 17.3 Å². The lowest BCUT2D eigenvalue weighted by Gasteiger charge is -2.26. The van der Waals surface area contributed by atoms with Crippen molar-refractivity contribution in [3.05, 3.63) is 23.8 Å². The maximum Gasteiger partial charge on any atom is 0.250 e. The summed E-state index contributed by atoms with van der Waals surface area (Å²) in [6, 6.07) is 5.46. The summed E-state index contributed by atoms with van der Waals surface area (Å²) in [4.78, 5) is 15.7. The van der Waals surface area contributed by atoms with Gasteiger partial charge in [-0.25, -0.2) is 0 Å². The molecule has 0 aliphatic heterocycles. The molecule has 106 valence electrons. The Kier molecular flexibility index (Phi) is 5.63. The summed E-state index contributed by atoms with van der Waals surface area (Å²) < 4.78 is 0. The van der Waals surface area contributed by atoms with Gasteiger partial charge in [0.1, 0.15) is 0 Å². The van der Waals surface area contributed by atoms with Gasteiger partial charge in [-0.05, 0) is 38.7 Å². The van der Waals surface area contributed by atoms with Crippen molar-refractivity contribution < 1.29 is 4.79 Å². The molecule has 5 heteroatoms. The van der Waals surface area contributed by atoms with Crippen LogP contribution in [0, 0.1) is 0 Å². The number of nitrogen functional groups attached to an aromatic ring is 1. The maximum atomic E-state index is 11.3. The van der Waals surface area contributed by atoms with E-state index >= 15 is 0 Å². The van der Waals surface area contributed by atoms with Crippen LogP contribution < -0.4 is 16.4 Å². The number of nitrogens with zero attached hydrogens (tertiary/aromatic N) is 2. The van der Waals surface area contributed by atoms with Crippen LogP contribution in [0.3, 0.4) is 0 Å². The smallest absolute Gasteiger partial charge is 0.250 e. The quantitative estimate of drug-likeness (QED) is 0.724. The first-order chi connectivity index (χ1) is 8.95. The average Bonchev–Trinajstić information content (AvgIpc) is 2.34. The zero-order chi connectivity index (χ0) is 14.4. The number of nitrogens with two attached hydrogens (primary N) is 2. The lowest BCUT2D eigenvalue weighted by Crippen LogP contribution is -2.32. The van der Waals surface area contributed by atoms with Gasteiger partial charge in [0.2, 0.25) is 0 Å². The number of amides is 1. The van der Waals surface area contributed by atoms with Gasteiger partial charge in [-0.1, -0.05) is 6.92 Å². The topological polar surface area (TPSA) is 75.6 Å². The Labute approximate surface area is 115 Å². The van der Waals surface area contributed by atoms with E-state index in [2.05, 4.69) is 16.7 Å². The number of hydrogen-bond donors (Lipinski definition) is 2. The van der Waals surface area contributed by atoms with Gasteiger partial charge in [0.15, 0.2) is 0 Å². The third-order valence-electron chi connectivity index (χ3n) is 2.98. The molecule has 0 atom stereocenters. The largest absolute Gasteiger partial charge is 0.398 e. The average molecular weight is 264 g/mol. The fraction of sp³-hybridized carbons (Fsp3) is 0.500. The molecular weight excluding hydrogens is 240 g/mol. The fourth-order valence-electron chi connectivity index (χ4n) is 1.91. The van der Waals surface area contributed by atoms with Gasteiger partial charge in [-0.2, -0.15) is 0 Å². The van der Waals surface area contributed by atoms with E-state index in [1.807, 2.05) is 20.2 Å². The lowest BCUT2D eigenvalue weighted by molar-refractivity contribution is 0.100. The predicted octanol–water partition coefficient (Wildman–Crippen LogP) is 1.15. The normalized spacial score (nSPS) is 10.7. The van der Waals surface area contributed by atoms with E-state index in [1.54, 1.807) is 12.1 Å². The molecule has 1 aromatic rings. The van der Waals surface area contributed by atoms with Crippen LogP contribution in [0.2, 0.25) is 0 Å². The first kappa shape index (κ1) is 15.3. The molecule has 0 spiro atoms. The molecule has 0 aliphatic carbocycles. The van der Waals surface area contributed by atoms with E-state index in [-0.39, 0.29) is 0 Å². The minimum absolute atomic E-state index is 0.392. The molecule has 0 radical (unpaired) electrons. The molecule has 0 aromatic heterocycles. The van der Waals surface area contributed by atoms with E-state index in [1.165, 1.54) is 0 Å². The number of likely N-dealkylation sites (N-methyl/N-ethyl adjacent to an activating group) is 1. The van der Waals surface area contributed by atoms with Crippen molar-refractivity contribution in [2.24, 2.45) is 5.73 Å². The summed E-state index contributed by atoms with van der Waals surface area (Å²) in [7, 11) is 4.09. The number of carbonyl (C=O) groups excluding carboxylic acids is 1. The number of carbonyl (C=O) groups is 1. The Hall–Kier alpha value is -1.75. The molecule has 1 amide bonds. The van der Waals surface area contributed by atoms with Gasteiger partial charge in [0, 0.05) is 31.0 Å². The van der Waals surface area contributed by atoms with Crippen LogP contribution in [0.5, 0.6) is 0 Å². The van der Waals surface area contributed by atoms with Gasteiger partial charge in [0.25, 0.3) is 5.91 Å². The second-order valence-corrected chi connectivity index (χ2v) is 4.93. The van der Waals surface area contributed by atoms with Crippen molar-refractivity contribution in [3.8, 4) is 0 Å². The van der Waals surface area contributed by atoms with Crippen LogP contribution in [-0.4, -0.2) is 44.5 Å². The molecule has 5 nitrogen and oxygen atoms in total. The van der Waals surface area contributed by atoms with Gasteiger partial charge in [-0.15, -0.1) is 0 Å². The van der Waals surface area contributed by atoms with Crippen LogP contribution in [0.25, 0.3) is 0 Å². The summed E-state index contributed by atoms with van der Waals surface area (Å²) in [6.45, 7) is 4.93. The van der Waals surface area contributed by atoms with Gasteiger partial charge < -0.3 is 21.3 Å². The van der Waals surface area contributed by atoms with Crippen LogP contribution in [0.4, 0.5) is 11.4 Å². The number of anilines is 2. The highest BCUT2D eigenvalue weighted by Crippen LogP contribution is 2.21. The van der Waals surface area contributed by atoms with Gasteiger partial charge >= 0.3 is 0 Å². The molecule has 1 aromatic carbocycles. The van der Waals surface area contributed by atoms with Gasteiger partial charge in [0.05, 0.1) is 5.56 Å². The zero-order valence-corrected chi connectivity index (χ0v) is 12.0. The second kappa shape index (κ2) is 6.99. The van der Waals surface area contributed by atoms with E-state index in [0.29, 0.717) is 11.3 Å². The molecule has 0 unspecified atom stereocenters. The molecule has 0 heterocycles. The van der Waals surface area contributed by atoms with Crippen molar-refractivity contribution in [1.82, 2.24) is 4.90 Å². The summed E-state index contributed by atoms with van der Waals surface area (Å²) in [5.74, 6) is -0.483. The first-order valence-electron chi connectivity index (χ1n) is 6.54. The highest BCUT2D eigenvalue weighted by atomic mass is 16.1. The summed E-state index contributed by atoms with van der Waals surface area (Å²) in [6.07, 6.45) is 1.05. The molecule has 19 heavy (non-hydrogen) atoms. The molecule has 1 rings (SSSR count). The van der Waals surface area contributed by atoms with Crippen molar-refractivity contribution in [2.75, 3.05) is 44.4 Å². The summed E-state index contributed by atoms with van der Waals surface area (Å²) in [5, 5.41) is 0. The Morgan fingerprint density at radius 3 is 2.42 bits per heavy atom. The third-order valence-corrected chi connectivity index (χ3v) is 2.98. The highest BCUT2D eigenvalue weighted by molar-refractivity contribution is 5.99. The Morgan fingerprint density at radius 1 is 1.21 bits per heavy atom. The van der Waals surface area contributed by atoms with E-state index in [4.69, 9.17) is 11.5 Å². The lowest BCUT2D eigenvalue weighted by atomic mass is 10.1. The van der Waals surface area contributed by atoms with E-state index < -0.39 is 5.91 Å². The number of hydrogen-bond acceptors (Lipinski definition) is 4. The monoisotopic (exact) mass is 264 g/mol. The molecule has 0 saturated heterocycles. The SMILES string of the molecule is CCCN(CCN(C)C)c1ccc(N)c(C(N)=O)c1. The number of rotatable bonds is 7. The fourth-order valence-corrected chi connectivity index (χ4v) is 1.91. The Morgan fingerprint density at radius 2 is 1.89 bits per heavy atom. The molecule has 4 N–H and O–H groups in total. The van der Waals surface area contributed by atoms with Crippen LogP contribution in [0.1, 0.15) is 23.7 Å². The van der Waals surface area contributed by atoms with Crippen molar-refractivity contribution in [1.29, 1.82) is 0 Å². The van der Waals surface area contributed by atoms with Crippen LogP contribution >= 0.6 is 0 Å². The van der Waals surface area contributed by atoms with Crippen LogP contribution in [-0.2, 0) is 0 Å². The number of benzene rings is 1. The standard InChI is InChI=1S/C14H24N4O/c1-4-7-18(9-8-17(2)3)11-5-6-13(15)12(10-11)14(16)19/h5-6,10H,4,7-9,15H2,1-3H3,(H2,16,19). The molecular formula is C14H24N4O. The van der Waals surface area contributed by atoms with E-state index in [9.17, 15) is 4.79 Å². The second-order valence-electron chi connectivity index (χ2n) is 4.93. The molecule has 0 saturated carbocycles. The van der Waals surface area contributed by atoms with Crippen molar-refractivity contribution in [3.63, 3.8) is 0 Å². The van der Waals surface area contributed by atoms with Gasteiger partial charge in [-0.3, -0.25) is 4.79 Å². The molecule has 0 fully saturated rings. The highest BCUT2D eigenvalue weighted by Gasteiger charge is 2.11. The molecule has 0 bridgehead atoms. The minimum atomic E-state index is -0.483. The van der Waals surface area contributed by atoms with Crippen LogP contribution in [0.15, 0.2) is 18.2 Å². The van der Waals surface area contributed by atoms with Crippen molar-refractivity contribution in [2.45, 2.75) is 13.3 Å². The minimum Gasteiger partial charge on any atom is -0.398 e. The third kappa shape index (κ3) is 4.44. The Bertz CT molecular complexity index is 431. The number of primary amides is 1. The summed E-state index contributed by atoms with van der Waals surface area (Å²) >= 11 is 0. The predicted molar refractivity (Wildman–Crippen MR) is 80.4 cm³/mol. The molecule has 0 aliphatic rings. The summed E-state index contributed by atoms with van der Waals surface area (Å²) in [5.41, 5.74) is 12.9.